The summed E-state index contributed by atoms with van der Waals surface area (Å²) in [6.07, 6.45) is 2.71. The van der Waals surface area contributed by atoms with Crippen molar-refractivity contribution in [2.45, 2.75) is 6.42 Å². The predicted octanol–water partition coefficient (Wildman–Crippen LogP) is 3.80. The van der Waals surface area contributed by atoms with Crippen LogP contribution < -0.4 is 10.1 Å². The van der Waals surface area contributed by atoms with Gasteiger partial charge in [0, 0.05) is 34.2 Å². The molecular weight excluding hydrogens is 312 g/mol. The number of aromatic nitrogens is 1. The Morgan fingerprint density at radius 1 is 1.22 bits per heavy atom. The molecule has 2 aromatic carbocycles. The lowest BCUT2D eigenvalue weighted by molar-refractivity contribution is 0.0954. The van der Waals surface area contributed by atoms with Gasteiger partial charge in [0.05, 0.1) is 7.11 Å². The van der Waals surface area contributed by atoms with Gasteiger partial charge in [-0.25, -0.2) is 0 Å². The number of fused-ring (bicyclic) bond motifs is 1. The number of halogens is 1. The fraction of sp³-hybridized carbons (Fsp3) is 0.167. The van der Waals surface area contributed by atoms with Crippen LogP contribution in [0.1, 0.15) is 15.9 Å². The van der Waals surface area contributed by atoms with Crippen LogP contribution in [-0.2, 0) is 6.42 Å². The van der Waals surface area contributed by atoms with E-state index in [1.807, 2.05) is 24.4 Å². The molecule has 5 heteroatoms. The topological polar surface area (TPSA) is 54.1 Å². The van der Waals surface area contributed by atoms with Gasteiger partial charge in [0.15, 0.2) is 0 Å². The lowest BCUT2D eigenvalue weighted by Gasteiger charge is -2.05. The summed E-state index contributed by atoms with van der Waals surface area (Å²) in [5, 5.41) is 4.66. The minimum atomic E-state index is -0.0981. The summed E-state index contributed by atoms with van der Waals surface area (Å²) < 4.78 is 5.26. The van der Waals surface area contributed by atoms with Gasteiger partial charge in [-0.1, -0.05) is 11.6 Å². The Hall–Kier alpha value is -2.46. The predicted molar refractivity (Wildman–Crippen MR) is 92.3 cm³/mol. The maximum Gasteiger partial charge on any atom is 0.251 e. The van der Waals surface area contributed by atoms with Crippen LogP contribution in [0.25, 0.3) is 10.9 Å². The Labute approximate surface area is 139 Å². The summed E-state index contributed by atoms with van der Waals surface area (Å²) >= 11 is 5.82. The molecular formula is C18H17ClN2O2. The molecule has 0 spiro atoms. The van der Waals surface area contributed by atoms with Gasteiger partial charge < -0.3 is 15.0 Å². The van der Waals surface area contributed by atoms with Crippen LogP contribution in [0.2, 0.25) is 5.02 Å². The largest absolute Gasteiger partial charge is 0.497 e. The molecule has 0 aliphatic rings. The van der Waals surface area contributed by atoms with E-state index in [9.17, 15) is 4.79 Å². The van der Waals surface area contributed by atoms with Crippen molar-refractivity contribution < 1.29 is 9.53 Å². The Kier molecular flexibility index (Phi) is 4.53. The van der Waals surface area contributed by atoms with Crippen LogP contribution >= 0.6 is 11.6 Å². The number of benzene rings is 2. The molecule has 0 atom stereocenters. The number of hydrogen-bond acceptors (Lipinski definition) is 2. The van der Waals surface area contributed by atoms with Crippen LogP contribution in [0, 0.1) is 0 Å². The minimum Gasteiger partial charge on any atom is -0.497 e. The Bertz CT molecular complexity index is 825. The van der Waals surface area contributed by atoms with Crippen molar-refractivity contribution in [2.24, 2.45) is 0 Å². The van der Waals surface area contributed by atoms with E-state index in [1.54, 1.807) is 31.4 Å². The number of methoxy groups -OCH3 is 1. The molecule has 23 heavy (non-hydrogen) atoms. The highest BCUT2D eigenvalue weighted by molar-refractivity contribution is 6.30. The first-order valence-corrected chi connectivity index (χ1v) is 7.73. The Morgan fingerprint density at radius 3 is 2.74 bits per heavy atom. The summed E-state index contributed by atoms with van der Waals surface area (Å²) in [7, 11) is 1.65. The molecule has 0 saturated carbocycles. The van der Waals surface area contributed by atoms with Gasteiger partial charge >= 0.3 is 0 Å². The lowest BCUT2D eigenvalue weighted by Crippen LogP contribution is -2.25. The van der Waals surface area contributed by atoms with E-state index in [0.29, 0.717) is 17.1 Å². The first-order valence-electron chi connectivity index (χ1n) is 7.35. The van der Waals surface area contributed by atoms with Crippen molar-refractivity contribution >= 4 is 28.4 Å². The number of nitrogens with one attached hydrogen (secondary N) is 2. The second-order valence-corrected chi connectivity index (χ2v) is 5.67. The monoisotopic (exact) mass is 328 g/mol. The van der Waals surface area contributed by atoms with E-state index < -0.39 is 0 Å². The van der Waals surface area contributed by atoms with E-state index >= 15 is 0 Å². The number of amides is 1. The maximum atomic E-state index is 12.1. The molecule has 3 aromatic rings. The van der Waals surface area contributed by atoms with Gasteiger partial charge in [-0.05, 0) is 54.4 Å². The fourth-order valence-corrected chi connectivity index (χ4v) is 2.63. The third kappa shape index (κ3) is 3.48. The molecule has 4 nitrogen and oxygen atoms in total. The number of aromatic amines is 1. The summed E-state index contributed by atoms with van der Waals surface area (Å²) in [4.78, 5) is 15.3. The third-order valence-corrected chi connectivity index (χ3v) is 4.01. The Balaban J connectivity index is 1.64. The number of rotatable bonds is 5. The average Bonchev–Trinajstić information content (AvgIpc) is 2.97. The molecule has 0 saturated heterocycles. The molecule has 1 amide bonds. The van der Waals surface area contributed by atoms with Gasteiger partial charge in [0.2, 0.25) is 0 Å². The summed E-state index contributed by atoms with van der Waals surface area (Å²) in [6, 6.07) is 12.8. The zero-order chi connectivity index (χ0) is 16.2. The lowest BCUT2D eigenvalue weighted by atomic mass is 10.1. The van der Waals surface area contributed by atoms with Crippen LogP contribution in [0.5, 0.6) is 5.75 Å². The van der Waals surface area contributed by atoms with Gasteiger partial charge in [0.1, 0.15) is 5.75 Å². The molecule has 0 bridgehead atoms. The number of H-pyrrole nitrogens is 1. The van der Waals surface area contributed by atoms with Crippen molar-refractivity contribution in [2.75, 3.05) is 13.7 Å². The second kappa shape index (κ2) is 6.75. The normalized spacial score (nSPS) is 10.7. The zero-order valence-electron chi connectivity index (χ0n) is 12.7. The molecule has 3 rings (SSSR count). The summed E-state index contributed by atoms with van der Waals surface area (Å²) in [6.45, 7) is 0.561. The van der Waals surface area contributed by atoms with Crippen molar-refractivity contribution in [3.05, 3.63) is 64.8 Å². The summed E-state index contributed by atoms with van der Waals surface area (Å²) in [5.74, 6) is 0.725. The summed E-state index contributed by atoms with van der Waals surface area (Å²) in [5.41, 5.74) is 2.81. The molecule has 0 aliphatic heterocycles. The van der Waals surface area contributed by atoms with Gasteiger partial charge in [-0.3, -0.25) is 4.79 Å². The van der Waals surface area contributed by atoms with Crippen LogP contribution in [0.4, 0.5) is 0 Å². The Morgan fingerprint density at radius 2 is 2.00 bits per heavy atom. The van der Waals surface area contributed by atoms with E-state index in [-0.39, 0.29) is 5.91 Å². The first kappa shape index (κ1) is 15.4. The van der Waals surface area contributed by atoms with Gasteiger partial charge in [-0.2, -0.15) is 0 Å². The molecule has 1 aromatic heterocycles. The molecule has 0 aliphatic carbocycles. The zero-order valence-corrected chi connectivity index (χ0v) is 13.5. The minimum absolute atomic E-state index is 0.0981. The van der Waals surface area contributed by atoms with E-state index in [4.69, 9.17) is 16.3 Å². The fourth-order valence-electron chi connectivity index (χ4n) is 2.51. The van der Waals surface area contributed by atoms with Gasteiger partial charge in [-0.15, -0.1) is 0 Å². The van der Waals surface area contributed by atoms with E-state index in [1.165, 1.54) is 0 Å². The third-order valence-electron chi connectivity index (χ3n) is 3.76. The first-order chi connectivity index (χ1) is 11.2. The molecule has 0 fully saturated rings. The van der Waals surface area contributed by atoms with Crippen LogP contribution in [0.3, 0.4) is 0 Å². The van der Waals surface area contributed by atoms with Crippen molar-refractivity contribution in [3.8, 4) is 5.75 Å². The smallest absolute Gasteiger partial charge is 0.251 e. The second-order valence-electron chi connectivity index (χ2n) is 5.24. The SMILES string of the molecule is COc1ccc2[nH]cc(CCNC(=O)c3ccc(Cl)cc3)c2c1. The molecule has 1 heterocycles. The van der Waals surface area contributed by atoms with Crippen molar-refractivity contribution in [1.29, 1.82) is 0 Å². The quantitative estimate of drug-likeness (QED) is 0.748. The van der Waals surface area contributed by atoms with Crippen molar-refractivity contribution in [1.82, 2.24) is 10.3 Å². The maximum absolute atomic E-state index is 12.1. The average molecular weight is 329 g/mol. The number of hydrogen-bond donors (Lipinski definition) is 2. The molecule has 2 N–H and O–H groups in total. The highest BCUT2D eigenvalue weighted by Gasteiger charge is 2.07. The van der Waals surface area contributed by atoms with E-state index in [0.717, 1.165) is 28.6 Å². The molecule has 0 radical (unpaired) electrons. The highest BCUT2D eigenvalue weighted by atomic mass is 35.5. The van der Waals surface area contributed by atoms with Crippen LogP contribution in [0.15, 0.2) is 48.7 Å². The van der Waals surface area contributed by atoms with Crippen molar-refractivity contribution in [3.63, 3.8) is 0 Å². The van der Waals surface area contributed by atoms with Gasteiger partial charge in [0.25, 0.3) is 5.91 Å². The number of ether oxygens (including phenoxy) is 1. The highest BCUT2D eigenvalue weighted by Crippen LogP contribution is 2.23. The number of carbonyl (C=O) groups is 1. The standard InChI is InChI=1S/C18H17ClN2O2/c1-23-15-6-7-17-16(10-15)13(11-21-17)8-9-20-18(22)12-2-4-14(19)5-3-12/h2-7,10-11,21H,8-9H2,1H3,(H,20,22). The number of carbonyl (C=O) groups excluding carboxylic acids is 1. The molecule has 118 valence electrons. The van der Waals surface area contributed by atoms with E-state index in [2.05, 4.69) is 10.3 Å². The van der Waals surface area contributed by atoms with Crippen LogP contribution in [-0.4, -0.2) is 24.5 Å². The molecule has 0 unspecified atom stereocenters.